The van der Waals surface area contributed by atoms with Gasteiger partial charge in [-0.1, -0.05) is 0 Å². The first-order valence-electron chi connectivity index (χ1n) is 13.7. The van der Waals surface area contributed by atoms with Gasteiger partial charge in [0.1, 0.15) is 73.2 Å². The molecule has 0 aromatic rings. The SMILES string of the molecule is C[C@@H]1O[C@@H](O[C@H]2[C@@H](O)[C@@H](CO)OC(O)[C@@H]2O)[C@H](O)[C@H](O)[C@H]1O[C@H]1O[C@H](CO)[C@@H](O)[C@H](O[C@H]2O[C@H](C)[C@H](O)C[C@H]2O)[C@@H]1O. The van der Waals surface area contributed by atoms with Crippen molar-refractivity contribution in [2.45, 2.75) is 137 Å². The van der Waals surface area contributed by atoms with Crippen molar-refractivity contribution in [2.75, 3.05) is 13.2 Å². The van der Waals surface area contributed by atoms with Gasteiger partial charge in [0.15, 0.2) is 25.2 Å². The second-order valence-corrected chi connectivity index (χ2v) is 11.0. The van der Waals surface area contributed by atoms with E-state index in [1.165, 1.54) is 13.8 Å². The Kier molecular flexibility index (Phi) is 11.5. The molecule has 246 valence electrons. The molecule has 0 saturated carbocycles. The summed E-state index contributed by atoms with van der Waals surface area (Å²) in [6.07, 6.45) is -28.5. The zero-order valence-corrected chi connectivity index (χ0v) is 22.9. The summed E-state index contributed by atoms with van der Waals surface area (Å²) in [7, 11) is 0. The molecule has 4 aliphatic rings. The summed E-state index contributed by atoms with van der Waals surface area (Å²) < 4.78 is 38.3. The van der Waals surface area contributed by atoms with Crippen molar-refractivity contribution in [3.05, 3.63) is 0 Å². The van der Waals surface area contributed by atoms with Crippen LogP contribution in [0, 0.1) is 0 Å². The van der Waals surface area contributed by atoms with Crippen molar-refractivity contribution in [1.82, 2.24) is 0 Å². The molecule has 4 saturated heterocycles. The maximum absolute atomic E-state index is 11.0. The van der Waals surface area contributed by atoms with Crippen molar-refractivity contribution in [3.8, 4) is 0 Å². The van der Waals surface area contributed by atoms with Crippen molar-refractivity contribution >= 4 is 0 Å². The van der Waals surface area contributed by atoms with Crippen LogP contribution in [0.4, 0.5) is 0 Å². The first kappa shape index (κ1) is 34.2. The summed E-state index contributed by atoms with van der Waals surface area (Å²) in [4.78, 5) is 0. The Morgan fingerprint density at radius 2 is 1.00 bits per heavy atom. The van der Waals surface area contributed by atoms with Crippen LogP contribution >= 0.6 is 0 Å². The Balaban J connectivity index is 1.43. The zero-order chi connectivity index (χ0) is 31.0. The summed E-state index contributed by atoms with van der Waals surface area (Å²) in [5.74, 6) is 0. The predicted molar refractivity (Wildman–Crippen MR) is 130 cm³/mol. The lowest BCUT2D eigenvalue weighted by Gasteiger charge is -2.48. The third-order valence-electron chi connectivity index (χ3n) is 8.00. The Bertz CT molecular complexity index is 854. The van der Waals surface area contributed by atoms with Crippen LogP contribution in [0.5, 0.6) is 0 Å². The molecule has 0 radical (unpaired) electrons. The van der Waals surface area contributed by atoms with Crippen molar-refractivity contribution in [1.29, 1.82) is 0 Å². The van der Waals surface area contributed by atoms with E-state index in [9.17, 15) is 56.2 Å². The van der Waals surface area contributed by atoms with E-state index in [2.05, 4.69) is 0 Å². The zero-order valence-electron chi connectivity index (χ0n) is 22.9. The van der Waals surface area contributed by atoms with Crippen LogP contribution in [0.1, 0.15) is 20.3 Å². The van der Waals surface area contributed by atoms with Crippen LogP contribution in [0.15, 0.2) is 0 Å². The van der Waals surface area contributed by atoms with E-state index >= 15 is 0 Å². The summed E-state index contributed by atoms with van der Waals surface area (Å²) in [5, 5.41) is 113. The van der Waals surface area contributed by atoms with Gasteiger partial charge in [0.05, 0.1) is 31.5 Å². The van der Waals surface area contributed by atoms with Crippen molar-refractivity contribution < 1.29 is 89.3 Å². The minimum absolute atomic E-state index is 0.101. The van der Waals surface area contributed by atoms with Gasteiger partial charge in [0.2, 0.25) is 0 Å². The topological polar surface area (TPSA) is 287 Å². The van der Waals surface area contributed by atoms with Crippen LogP contribution in [-0.2, 0) is 33.2 Å². The molecule has 0 aliphatic carbocycles. The van der Waals surface area contributed by atoms with Gasteiger partial charge in [-0.2, -0.15) is 0 Å². The van der Waals surface area contributed by atoms with Gasteiger partial charge in [-0.25, -0.2) is 0 Å². The number of ether oxygens (including phenoxy) is 7. The second-order valence-electron chi connectivity index (χ2n) is 11.0. The molecule has 0 spiro atoms. The Morgan fingerprint density at radius 3 is 1.62 bits per heavy atom. The van der Waals surface area contributed by atoms with E-state index in [4.69, 9.17) is 33.2 Å². The molecule has 18 nitrogen and oxygen atoms in total. The first-order chi connectivity index (χ1) is 19.8. The smallest absolute Gasteiger partial charge is 0.187 e. The number of aliphatic hydroxyl groups is 11. The molecule has 0 aromatic heterocycles. The minimum Gasteiger partial charge on any atom is -0.394 e. The number of aliphatic hydroxyl groups excluding tert-OH is 11. The van der Waals surface area contributed by atoms with E-state index in [1.54, 1.807) is 0 Å². The summed E-state index contributed by atoms with van der Waals surface area (Å²) in [5.41, 5.74) is 0. The molecule has 0 aromatic carbocycles. The third-order valence-corrected chi connectivity index (χ3v) is 8.00. The predicted octanol–water partition coefficient (Wildman–Crippen LogP) is -6.66. The maximum Gasteiger partial charge on any atom is 0.187 e. The average molecular weight is 619 g/mol. The van der Waals surface area contributed by atoms with Crippen molar-refractivity contribution in [3.63, 3.8) is 0 Å². The normalized spacial score (nSPS) is 54.1. The molecule has 18 heteroatoms. The van der Waals surface area contributed by atoms with Crippen LogP contribution in [0.3, 0.4) is 0 Å². The number of rotatable bonds is 8. The fourth-order valence-corrected chi connectivity index (χ4v) is 5.39. The molecule has 4 aliphatic heterocycles. The van der Waals surface area contributed by atoms with E-state index in [0.29, 0.717) is 0 Å². The molecule has 0 amide bonds. The van der Waals surface area contributed by atoms with Crippen LogP contribution in [0.25, 0.3) is 0 Å². The van der Waals surface area contributed by atoms with Gasteiger partial charge in [0, 0.05) is 6.42 Å². The van der Waals surface area contributed by atoms with E-state index in [-0.39, 0.29) is 6.42 Å². The molecule has 42 heavy (non-hydrogen) atoms. The van der Waals surface area contributed by atoms with Crippen molar-refractivity contribution in [2.24, 2.45) is 0 Å². The molecule has 0 bridgehead atoms. The van der Waals surface area contributed by atoms with Gasteiger partial charge in [-0.3, -0.25) is 0 Å². The number of hydrogen-bond acceptors (Lipinski definition) is 18. The maximum atomic E-state index is 11.0. The third kappa shape index (κ3) is 6.91. The first-order valence-corrected chi connectivity index (χ1v) is 13.7. The van der Waals surface area contributed by atoms with Gasteiger partial charge in [-0.05, 0) is 13.8 Å². The Hall–Kier alpha value is -0.720. The summed E-state index contributed by atoms with van der Waals surface area (Å²) in [6, 6.07) is 0. The summed E-state index contributed by atoms with van der Waals surface area (Å²) in [6.45, 7) is 1.47. The fraction of sp³-hybridized carbons (Fsp3) is 1.00. The lowest BCUT2D eigenvalue weighted by molar-refractivity contribution is -0.383. The van der Waals surface area contributed by atoms with E-state index in [1.807, 2.05) is 0 Å². The summed E-state index contributed by atoms with van der Waals surface area (Å²) >= 11 is 0. The Labute approximate surface area is 240 Å². The highest BCUT2D eigenvalue weighted by atomic mass is 16.8. The molecule has 19 atom stereocenters. The lowest BCUT2D eigenvalue weighted by Crippen LogP contribution is -2.66. The monoisotopic (exact) mass is 618 g/mol. The molecule has 11 N–H and O–H groups in total. The van der Waals surface area contributed by atoms with Gasteiger partial charge >= 0.3 is 0 Å². The number of hydrogen-bond donors (Lipinski definition) is 11. The molecule has 4 heterocycles. The minimum atomic E-state index is -1.87. The highest BCUT2D eigenvalue weighted by molar-refractivity contribution is 4.96. The highest BCUT2D eigenvalue weighted by Crippen LogP contribution is 2.33. The standard InChI is InChI=1S/C24H42O18/c1-6-8(27)3-9(28)22(36-6)41-20-13(30)11(5-26)39-24(17(20)34)40-18-7(2)37-23(15(32)14(18)31)42-19-12(29)10(4-25)38-21(35)16(19)33/h6-35H,3-5H2,1-2H3/t6-,7+,8-,9-,10-,11-,12+,13-,14+,15-,16-,17+,18+,19+,20+,21?,22-,23+,24-/m1/s1. The molecular weight excluding hydrogens is 576 g/mol. The Morgan fingerprint density at radius 1 is 0.500 bits per heavy atom. The van der Waals surface area contributed by atoms with E-state index < -0.39 is 130 Å². The molecule has 4 fully saturated rings. The largest absolute Gasteiger partial charge is 0.394 e. The van der Waals surface area contributed by atoms with Gasteiger partial charge < -0.3 is 89.3 Å². The quantitative estimate of drug-likeness (QED) is 0.120. The molecule has 1 unspecified atom stereocenters. The second kappa shape index (κ2) is 14.1. The van der Waals surface area contributed by atoms with Gasteiger partial charge in [-0.15, -0.1) is 0 Å². The van der Waals surface area contributed by atoms with Gasteiger partial charge in [0.25, 0.3) is 0 Å². The molecular formula is C24H42O18. The lowest BCUT2D eigenvalue weighted by atomic mass is 9.96. The van der Waals surface area contributed by atoms with Crippen LogP contribution in [0.2, 0.25) is 0 Å². The average Bonchev–Trinajstić information content (AvgIpc) is 2.95. The highest BCUT2D eigenvalue weighted by Gasteiger charge is 2.53. The fourth-order valence-electron chi connectivity index (χ4n) is 5.39. The molecule has 4 rings (SSSR count). The van der Waals surface area contributed by atoms with E-state index in [0.717, 1.165) is 0 Å². The van der Waals surface area contributed by atoms with Crippen LogP contribution < -0.4 is 0 Å². The van der Waals surface area contributed by atoms with Crippen LogP contribution in [-0.4, -0.2) is 186 Å².